The van der Waals surface area contributed by atoms with Crippen molar-refractivity contribution in [1.82, 2.24) is 4.44 Å². The third kappa shape index (κ3) is 3.82. The van der Waals surface area contributed by atoms with Crippen molar-refractivity contribution in [2.75, 3.05) is 7.05 Å². The minimum atomic E-state index is -3.63. The quantitative estimate of drug-likeness (QED) is 0.705. The van der Waals surface area contributed by atoms with Crippen LogP contribution >= 0.6 is 57.0 Å². The van der Waals surface area contributed by atoms with Crippen LogP contribution in [-0.2, 0) is 9.13 Å². The molecule has 0 aliphatic rings. The highest BCUT2D eigenvalue weighted by atomic mass is 35.9. The summed E-state index contributed by atoms with van der Waals surface area (Å²) in [5.74, 6) is -7.26. The van der Waals surface area contributed by atoms with E-state index in [0.717, 1.165) is 7.05 Å². The van der Waals surface area contributed by atoms with Gasteiger partial charge >= 0.3 is 12.0 Å². The number of nitrogens with zero attached hydrogens (tertiary/aromatic N) is 1. The minimum Gasteiger partial charge on any atom is -0.270 e. The van der Waals surface area contributed by atoms with Crippen LogP contribution in [0.1, 0.15) is 0 Å². The summed E-state index contributed by atoms with van der Waals surface area (Å²) in [4.78, 5) is 0. The fourth-order valence-electron chi connectivity index (χ4n) is 0.121. The predicted molar refractivity (Wildman–Crippen MR) is 46.4 cm³/mol. The second-order valence-corrected chi connectivity index (χ2v) is 11.2. The molecule has 0 aromatic carbocycles. The van der Waals surface area contributed by atoms with Crippen molar-refractivity contribution in [3.8, 4) is 0 Å². The number of rotatable bonds is 2. The first-order valence-corrected chi connectivity index (χ1v) is 8.83. The van der Waals surface area contributed by atoms with E-state index in [0.29, 0.717) is 4.44 Å². The fourth-order valence-corrected chi connectivity index (χ4v) is 5.76. The Hall–Kier alpha value is 1.58. The third-order valence-electron chi connectivity index (χ3n) is 0.674. The standard InChI is InChI=1S/CH3Cl4NO2P2/c1-6(9(2,3)7)10(4,5)8/h1H3. The highest BCUT2D eigenvalue weighted by Gasteiger charge is 2.34. The zero-order chi connectivity index (χ0) is 8.58. The van der Waals surface area contributed by atoms with Crippen molar-refractivity contribution in [3.05, 3.63) is 0 Å². The van der Waals surface area contributed by atoms with Gasteiger partial charge in [-0.25, -0.2) is 0 Å². The van der Waals surface area contributed by atoms with Crippen molar-refractivity contribution in [1.29, 1.82) is 0 Å². The minimum absolute atomic E-state index is 0.548. The lowest BCUT2D eigenvalue weighted by Gasteiger charge is -2.16. The molecule has 0 fully saturated rings. The first-order chi connectivity index (χ1) is 4.15. The van der Waals surface area contributed by atoms with E-state index in [4.69, 9.17) is 45.0 Å². The Labute approximate surface area is 77.6 Å². The van der Waals surface area contributed by atoms with Crippen LogP contribution in [0.3, 0.4) is 0 Å². The van der Waals surface area contributed by atoms with Crippen LogP contribution in [0, 0.1) is 0 Å². The Bertz CT molecular complexity index is 183. The summed E-state index contributed by atoms with van der Waals surface area (Å²) in [7, 11) is 1.11. The van der Waals surface area contributed by atoms with Gasteiger partial charge < -0.3 is 0 Å². The molecule has 0 saturated carbocycles. The maximum atomic E-state index is 10.7. The first-order valence-electron chi connectivity index (χ1n) is 1.89. The largest absolute Gasteiger partial charge is 0.329 e. The lowest BCUT2D eigenvalue weighted by Crippen LogP contribution is -1.98. The molecule has 3 nitrogen and oxygen atoms in total. The molecule has 10 heavy (non-hydrogen) atoms. The molecular formula is CH3Cl4NO2P2. The third-order valence-corrected chi connectivity index (χ3v) is 7.52. The van der Waals surface area contributed by atoms with E-state index in [1.807, 2.05) is 0 Å². The van der Waals surface area contributed by atoms with Gasteiger partial charge in [0, 0.05) is 7.05 Å². The summed E-state index contributed by atoms with van der Waals surface area (Å²) < 4.78 is 21.9. The monoisotopic (exact) mass is 263 g/mol. The summed E-state index contributed by atoms with van der Waals surface area (Å²) in [5, 5.41) is 0. The lowest BCUT2D eigenvalue weighted by atomic mass is 11.6. The van der Waals surface area contributed by atoms with Crippen molar-refractivity contribution >= 4 is 57.0 Å². The predicted octanol–water partition coefficient (Wildman–Crippen LogP) is 4.09. The van der Waals surface area contributed by atoms with Crippen LogP contribution in [0.5, 0.6) is 0 Å². The van der Waals surface area contributed by atoms with Gasteiger partial charge in [0.05, 0.1) is 0 Å². The molecule has 0 heterocycles. The smallest absolute Gasteiger partial charge is 0.270 e. The number of hydrogen-bond acceptors (Lipinski definition) is 2. The molecule has 0 bridgehead atoms. The molecule has 0 atom stereocenters. The second kappa shape index (κ2) is 3.53. The molecule has 0 spiro atoms. The molecule has 0 unspecified atom stereocenters. The lowest BCUT2D eigenvalue weighted by molar-refractivity contribution is 0.549. The SMILES string of the molecule is CN(P(=O)(Cl)Cl)P(=O)(Cl)Cl. The average Bonchev–Trinajstić information content (AvgIpc) is 1.59. The van der Waals surface area contributed by atoms with Crippen LogP contribution in [0.4, 0.5) is 0 Å². The summed E-state index contributed by atoms with van der Waals surface area (Å²) >= 11 is 20.3. The van der Waals surface area contributed by atoms with Crippen LogP contribution in [0.15, 0.2) is 0 Å². The summed E-state index contributed by atoms with van der Waals surface area (Å²) in [6.45, 7) is 0. The molecule has 9 heteroatoms. The molecule has 0 aliphatic carbocycles. The Morgan fingerprint density at radius 1 is 1.00 bits per heavy atom. The van der Waals surface area contributed by atoms with Crippen molar-refractivity contribution in [2.24, 2.45) is 0 Å². The van der Waals surface area contributed by atoms with Gasteiger partial charge in [-0.2, -0.15) is 4.44 Å². The van der Waals surface area contributed by atoms with Gasteiger partial charge in [0.25, 0.3) is 0 Å². The molecule has 62 valence electrons. The van der Waals surface area contributed by atoms with Crippen molar-refractivity contribution in [3.63, 3.8) is 0 Å². The molecule has 0 N–H and O–H groups in total. The fraction of sp³-hybridized carbons (Fsp3) is 1.00. The first kappa shape index (κ1) is 11.6. The van der Waals surface area contributed by atoms with Gasteiger partial charge in [0.15, 0.2) is 0 Å². The molecule has 0 saturated heterocycles. The summed E-state index contributed by atoms with van der Waals surface area (Å²) in [5.41, 5.74) is 0. The summed E-state index contributed by atoms with van der Waals surface area (Å²) in [6.07, 6.45) is 0. The van der Waals surface area contributed by atoms with Crippen LogP contribution in [-0.4, -0.2) is 11.5 Å². The number of halogens is 4. The van der Waals surface area contributed by atoms with E-state index in [-0.39, 0.29) is 0 Å². The van der Waals surface area contributed by atoms with Gasteiger partial charge in [-0.15, -0.1) is 0 Å². The van der Waals surface area contributed by atoms with Crippen LogP contribution in [0.2, 0.25) is 0 Å². The molecule has 0 aliphatic heterocycles. The van der Waals surface area contributed by atoms with Gasteiger partial charge in [-0.05, 0) is 45.0 Å². The maximum absolute atomic E-state index is 10.7. The van der Waals surface area contributed by atoms with E-state index >= 15 is 0 Å². The Balaban J connectivity index is 4.56. The highest BCUT2D eigenvalue weighted by molar-refractivity contribution is 8.18. The van der Waals surface area contributed by atoms with E-state index in [9.17, 15) is 9.13 Å². The van der Waals surface area contributed by atoms with Crippen molar-refractivity contribution < 1.29 is 9.13 Å². The van der Waals surface area contributed by atoms with E-state index in [2.05, 4.69) is 0 Å². The van der Waals surface area contributed by atoms with E-state index in [1.165, 1.54) is 0 Å². The molecule has 0 aromatic heterocycles. The van der Waals surface area contributed by atoms with E-state index in [1.54, 1.807) is 0 Å². The molecule has 0 rings (SSSR count). The normalized spacial score (nSPS) is 14.2. The number of hydrogen-bond donors (Lipinski definition) is 0. The van der Waals surface area contributed by atoms with E-state index < -0.39 is 12.0 Å². The topological polar surface area (TPSA) is 37.4 Å². The van der Waals surface area contributed by atoms with Crippen LogP contribution < -0.4 is 0 Å². The zero-order valence-corrected chi connectivity index (χ0v) is 9.48. The van der Waals surface area contributed by atoms with Crippen molar-refractivity contribution in [2.45, 2.75) is 0 Å². The molecular weight excluding hydrogens is 262 g/mol. The Morgan fingerprint density at radius 2 is 1.20 bits per heavy atom. The Kier molecular flexibility index (Phi) is 4.09. The second-order valence-electron chi connectivity index (χ2n) is 1.36. The van der Waals surface area contributed by atoms with Gasteiger partial charge in [-0.1, -0.05) is 0 Å². The maximum Gasteiger partial charge on any atom is 0.329 e. The van der Waals surface area contributed by atoms with Crippen LogP contribution in [0.25, 0.3) is 0 Å². The molecule has 0 aromatic rings. The Morgan fingerprint density at radius 3 is 1.20 bits per heavy atom. The molecule has 0 radical (unpaired) electrons. The van der Waals surface area contributed by atoms with Gasteiger partial charge in [-0.3, -0.25) is 9.13 Å². The zero-order valence-electron chi connectivity index (χ0n) is 4.67. The average molecular weight is 265 g/mol. The highest BCUT2D eigenvalue weighted by Crippen LogP contribution is 2.75. The summed E-state index contributed by atoms with van der Waals surface area (Å²) in [6, 6.07) is 0. The van der Waals surface area contributed by atoms with Gasteiger partial charge in [0.1, 0.15) is 0 Å². The van der Waals surface area contributed by atoms with Gasteiger partial charge in [0.2, 0.25) is 0 Å². The molecule has 0 amide bonds.